The molecule has 1 saturated heterocycles. The van der Waals surface area contributed by atoms with Gasteiger partial charge in [0.05, 0.1) is 19.1 Å². The minimum Gasteiger partial charge on any atom is -0.497 e. The van der Waals surface area contributed by atoms with Gasteiger partial charge in [-0.1, -0.05) is 29.8 Å². The Kier molecular flexibility index (Phi) is 6.44. The molecule has 6 heteroatoms. The van der Waals surface area contributed by atoms with Crippen molar-refractivity contribution in [3.05, 3.63) is 58.6 Å². The number of nitrogens with one attached hydrogen (secondary N) is 1. The van der Waals surface area contributed by atoms with E-state index in [-0.39, 0.29) is 23.5 Å². The zero-order valence-corrected chi connectivity index (χ0v) is 19.2. The molecule has 1 amide bonds. The summed E-state index contributed by atoms with van der Waals surface area (Å²) in [5.74, 6) is 1.63. The molecule has 5 nitrogen and oxygen atoms in total. The first-order valence-corrected chi connectivity index (χ1v) is 11.4. The van der Waals surface area contributed by atoms with Crippen molar-refractivity contribution in [2.45, 2.75) is 51.3 Å². The fraction of sp³-hybridized carbons (Fsp3) is 0.480. The van der Waals surface area contributed by atoms with Crippen LogP contribution in [0.5, 0.6) is 11.5 Å². The lowest BCUT2D eigenvalue weighted by molar-refractivity contribution is -0.128. The largest absolute Gasteiger partial charge is 0.497 e. The van der Waals surface area contributed by atoms with Gasteiger partial charge < -0.3 is 14.8 Å². The Bertz CT molecular complexity index is 946. The predicted molar refractivity (Wildman–Crippen MR) is 123 cm³/mol. The zero-order chi connectivity index (χ0) is 22.0. The van der Waals surface area contributed by atoms with Gasteiger partial charge in [-0.25, -0.2) is 0 Å². The highest BCUT2D eigenvalue weighted by Gasteiger charge is 2.36. The number of amides is 1. The second kappa shape index (κ2) is 9.09. The number of hydrogen-bond donors (Lipinski definition) is 1. The molecule has 0 aliphatic carbocycles. The van der Waals surface area contributed by atoms with Crippen LogP contribution in [0, 0.1) is 5.92 Å². The van der Waals surface area contributed by atoms with Crippen molar-refractivity contribution in [3.63, 3.8) is 0 Å². The van der Waals surface area contributed by atoms with Gasteiger partial charge in [0.15, 0.2) is 0 Å². The molecule has 31 heavy (non-hydrogen) atoms. The summed E-state index contributed by atoms with van der Waals surface area (Å²) < 4.78 is 11.5. The number of hydrogen-bond acceptors (Lipinski definition) is 4. The van der Waals surface area contributed by atoms with Gasteiger partial charge in [0.25, 0.3) is 0 Å². The Labute approximate surface area is 189 Å². The second-order valence-corrected chi connectivity index (χ2v) is 9.60. The van der Waals surface area contributed by atoms with Crippen LogP contribution in [0.15, 0.2) is 42.5 Å². The van der Waals surface area contributed by atoms with Crippen molar-refractivity contribution in [2.75, 3.05) is 20.2 Å². The number of ether oxygens (including phenoxy) is 2. The van der Waals surface area contributed by atoms with Gasteiger partial charge >= 0.3 is 0 Å². The Balaban J connectivity index is 1.44. The fourth-order valence-corrected chi connectivity index (χ4v) is 4.85. The lowest BCUT2D eigenvalue weighted by Gasteiger charge is -2.39. The summed E-state index contributed by atoms with van der Waals surface area (Å²) in [5.41, 5.74) is 1.76. The molecule has 2 aromatic carbocycles. The summed E-state index contributed by atoms with van der Waals surface area (Å²) >= 11 is 6.34. The van der Waals surface area contributed by atoms with E-state index in [1.165, 1.54) is 0 Å². The van der Waals surface area contributed by atoms with Gasteiger partial charge in [-0.2, -0.15) is 0 Å². The standard InChI is InChI=1S/C25H31ClN2O3/c1-25(2)14-22(20-11-10-19(30-3)13-23(20)31-25)27-24(29)18-8-6-12-28(16-18)15-17-7-4-5-9-21(17)26/h4-5,7,9-11,13,18,22H,6,8,12,14-16H2,1-3H3,(H,27,29). The number of likely N-dealkylation sites (tertiary alicyclic amines) is 1. The molecule has 2 heterocycles. The monoisotopic (exact) mass is 442 g/mol. The molecule has 4 rings (SSSR count). The maximum absolute atomic E-state index is 13.2. The Morgan fingerprint density at radius 2 is 2.10 bits per heavy atom. The normalized spacial score (nSPS) is 22.8. The number of fused-ring (bicyclic) bond motifs is 1. The van der Waals surface area contributed by atoms with Crippen molar-refractivity contribution in [1.82, 2.24) is 10.2 Å². The molecule has 2 aromatic rings. The lowest BCUT2D eigenvalue weighted by atomic mass is 9.88. The van der Waals surface area contributed by atoms with Crippen LogP contribution in [-0.4, -0.2) is 36.6 Å². The summed E-state index contributed by atoms with van der Waals surface area (Å²) in [7, 11) is 1.65. The maximum Gasteiger partial charge on any atom is 0.224 e. The van der Waals surface area contributed by atoms with Crippen molar-refractivity contribution >= 4 is 17.5 Å². The first-order chi connectivity index (χ1) is 14.8. The number of rotatable bonds is 5. The number of carbonyl (C=O) groups is 1. The van der Waals surface area contributed by atoms with Crippen molar-refractivity contribution in [1.29, 1.82) is 0 Å². The zero-order valence-electron chi connectivity index (χ0n) is 18.5. The van der Waals surface area contributed by atoms with E-state index in [1.807, 2.05) is 36.4 Å². The first kappa shape index (κ1) is 22.0. The SMILES string of the molecule is COc1ccc2c(c1)OC(C)(C)CC2NC(=O)C1CCCN(Cc2ccccc2Cl)C1. The molecular formula is C25H31ClN2O3. The van der Waals surface area contributed by atoms with E-state index in [1.54, 1.807) is 7.11 Å². The average molecular weight is 443 g/mol. The molecule has 2 unspecified atom stereocenters. The third-order valence-electron chi connectivity index (χ3n) is 6.22. The number of benzene rings is 2. The Hall–Kier alpha value is -2.24. The van der Waals surface area contributed by atoms with Crippen molar-refractivity contribution in [2.24, 2.45) is 5.92 Å². The van der Waals surface area contributed by atoms with Crippen molar-refractivity contribution < 1.29 is 14.3 Å². The van der Waals surface area contributed by atoms with Gasteiger partial charge in [0.2, 0.25) is 5.91 Å². The molecule has 0 spiro atoms. The molecule has 0 aromatic heterocycles. The van der Waals surface area contributed by atoms with Crippen LogP contribution >= 0.6 is 11.6 Å². The van der Waals surface area contributed by atoms with Gasteiger partial charge in [-0.15, -0.1) is 0 Å². The van der Waals surface area contributed by atoms with Crippen LogP contribution in [0.3, 0.4) is 0 Å². The predicted octanol–water partition coefficient (Wildman–Crippen LogP) is 4.98. The highest BCUT2D eigenvalue weighted by Crippen LogP contribution is 2.41. The molecule has 0 saturated carbocycles. The fourth-order valence-electron chi connectivity index (χ4n) is 4.66. The summed E-state index contributed by atoms with van der Waals surface area (Å²) in [6.07, 6.45) is 2.65. The van der Waals surface area contributed by atoms with Gasteiger partial charge in [-0.3, -0.25) is 9.69 Å². The number of piperidine rings is 1. The van der Waals surface area contributed by atoms with Crippen LogP contribution in [0.4, 0.5) is 0 Å². The van der Waals surface area contributed by atoms with E-state index < -0.39 is 0 Å². The molecule has 1 N–H and O–H groups in total. The molecule has 2 aliphatic heterocycles. The second-order valence-electron chi connectivity index (χ2n) is 9.20. The maximum atomic E-state index is 13.2. The van der Waals surface area contributed by atoms with E-state index in [9.17, 15) is 4.79 Å². The highest BCUT2D eigenvalue weighted by molar-refractivity contribution is 6.31. The molecular weight excluding hydrogens is 412 g/mol. The van der Waals surface area contributed by atoms with Crippen LogP contribution in [0.2, 0.25) is 5.02 Å². The molecule has 2 aliphatic rings. The Morgan fingerprint density at radius 1 is 1.29 bits per heavy atom. The lowest BCUT2D eigenvalue weighted by Crippen LogP contribution is -2.46. The minimum absolute atomic E-state index is 0.0242. The summed E-state index contributed by atoms with van der Waals surface area (Å²) in [5, 5.41) is 4.10. The van der Waals surface area contributed by atoms with Crippen molar-refractivity contribution in [3.8, 4) is 11.5 Å². The number of nitrogens with zero attached hydrogens (tertiary/aromatic N) is 1. The molecule has 1 fully saturated rings. The third kappa shape index (κ3) is 5.16. The third-order valence-corrected chi connectivity index (χ3v) is 6.59. The van der Waals surface area contributed by atoms with E-state index in [0.29, 0.717) is 0 Å². The molecule has 166 valence electrons. The average Bonchev–Trinajstić information content (AvgIpc) is 2.74. The molecule has 0 radical (unpaired) electrons. The van der Waals surface area contributed by atoms with Crippen LogP contribution in [-0.2, 0) is 11.3 Å². The smallest absolute Gasteiger partial charge is 0.224 e. The molecule has 2 atom stereocenters. The summed E-state index contributed by atoms with van der Waals surface area (Å²) in [6, 6.07) is 13.7. The van der Waals surface area contributed by atoms with E-state index in [4.69, 9.17) is 21.1 Å². The quantitative estimate of drug-likeness (QED) is 0.709. The first-order valence-electron chi connectivity index (χ1n) is 11.0. The summed E-state index contributed by atoms with van der Waals surface area (Å²) in [6.45, 7) is 6.62. The molecule has 0 bridgehead atoms. The number of carbonyl (C=O) groups excluding carboxylic acids is 1. The van der Waals surface area contributed by atoms with Gasteiger partial charge in [-0.05, 0) is 57.0 Å². The van der Waals surface area contributed by atoms with Crippen LogP contribution < -0.4 is 14.8 Å². The van der Waals surface area contributed by atoms with E-state index in [0.717, 1.165) is 66.5 Å². The minimum atomic E-state index is -0.361. The van der Waals surface area contributed by atoms with E-state index >= 15 is 0 Å². The Morgan fingerprint density at radius 3 is 2.87 bits per heavy atom. The topological polar surface area (TPSA) is 50.8 Å². The van der Waals surface area contributed by atoms with Gasteiger partial charge in [0, 0.05) is 36.2 Å². The van der Waals surface area contributed by atoms with Gasteiger partial charge in [0.1, 0.15) is 17.1 Å². The van der Waals surface area contributed by atoms with Crippen LogP contribution in [0.25, 0.3) is 0 Å². The van der Waals surface area contributed by atoms with Crippen LogP contribution in [0.1, 0.15) is 50.3 Å². The highest BCUT2D eigenvalue weighted by atomic mass is 35.5. The van der Waals surface area contributed by atoms with E-state index in [2.05, 4.69) is 30.1 Å². The summed E-state index contributed by atoms with van der Waals surface area (Å²) in [4.78, 5) is 15.6. The number of halogens is 1. The number of methoxy groups -OCH3 is 1.